The number of rotatable bonds is 7. The largest absolute Gasteiger partial charge is 0.327 e. The van der Waals surface area contributed by atoms with Crippen LogP contribution in [0.1, 0.15) is 85.0 Å². The zero-order valence-electron chi connectivity index (χ0n) is 12.3. The molecule has 0 amide bonds. The van der Waals surface area contributed by atoms with Gasteiger partial charge in [0.25, 0.3) is 0 Å². The predicted molar refractivity (Wildman–Crippen MR) is 77.1 cm³/mol. The Hall–Kier alpha value is -0.0400. The number of nitrogens with two attached hydrogens (primary N) is 1. The maximum absolute atomic E-state index is 6.26. The normalized spacial score (nSPS) is 28.2. The Labute approximate surface area is 109 Å². The van der Waals surface area contributed by atoms with Gasteiger partial charge in [0.05, 0.1) is 0 Å². The first kappa shape index (κ1) is 15.0. The van der Waals surface area contributed by atoms with Crippen molar-refractivity contribution in [2.24, 2.45) is 17.1 Å². The molecule has 1 aliphatic carbocycles. The van der Waals surface area contributed by atoms with Crippen molar-refractivity contribution in [2.45, 2.75) is 91.0 Å². The van der Waals surface area contributed by atoms with Crippen LogP contribution in [0.3, 0.4) is 0 Å². The van der Waals surface area contributed by atoms with Gasteiger partial charge in [-0.1, -0.05) is 59.3 Å². The molecule has 0 aromatic carbocycles. The van der Waals surface area contributed by atoms with Gasteiger partial charge in [0.2, 0.25) is 0 Å². The summed E-state index contributed by atoms with van der Waals surface area (Å²) in [4.78, 5) is 0. The third-order valence-corrected chi connectivity index (χ3v) is 4.50. The highest BCUT2D eigenvalue weighted by Crippen LogP contribution is 2.39. The highest BCUT2D eigenvalue weighted by molar-refractivity contribution is 4.86. The molecule has 17 heavy (non-hydrogen) atoms. The number of hydrogen-bond acceptors (Lipinski definition) is 1. The van der Waals surface area contributed by atoms with E-state index < -0.39 is 0 Å². The predicted octanol–water partition coefficient (Wildman–Crippen LogP) is 4.89. The smallest absolute Gasteiger partial charge is 0.00675 e. The number of hydrogen-bond donors (Lipinski definition) is 1. The molecule has 0 heterocycles. The zero-order valence-corrected chi connectivity index (χ0v) is 12.3. The first-order valence-corrected chi connectivity index (χ1v) is 7.81. The molecule has 0 aromatic rings. The zero-order chi connectivity index (χ0) is 12.7. The van der Waals surface area contributed by atoms with Gasteiger partial charge in [0.15, 0.2) is 0 Å². The SMILES string of the molecule is CCCCCCCCC1CC(C)(C)CCC1N. The van der Waals surface area contributed by atoms with Gasteiger partial charge in [-0.25, -0.2) is 0 Å². The van der Waals surface area contributed by atoms with Gasteiger partial charge in [-0.2, -0.15) is 0 Å². The van der Waals surface area contributed by atoms with Crippen molar-refractivity contribution >= 4 is 0 Å². The second kappa shape index (κ2) is 7.41. The summed E-state index contributed by atoms with van der Waals surface area (Å²) in [6.45, 7) is 7.10. The lowest BCUT2D eigenvalue weighted by Crippen LogP contribution is -2.39. The van der Waals surface area contributed by atoms with Gasteiger partial charge in [0.1, 0.15) is 0 Å². The van der Waals surface area contributed by atoms with Crippen molar-refractivity contribution in [2.75, 3.05) is 0 Å². The second-order valence-corrected chi connectivity index (χ2v) is 6.89. The van der Waals surface area contributed by atoms with Crippen molar-refractivity contribution in [1.82, 2.24) is 0 Å². The molecule has 1 saturated carbocycles. The molecule has 0 bridgehead atoms. The van der Waals surface area contributed by atoms with Crippen LogP contribution in [0.15, 0.2) is 0 Å². The molecule has 0 radical (unpaired) electrons. The van der Waals surface area contributed by atoms with E-state index >= 15 is 0 Å². The average molecular weight is 239 g/mol. The van der Waals surface area contributed by atoms with E-state index in [1.165, 1.54) is 64.2 Å². The van der Waals surface area contributed by atoms with Gasteiger partial charge in [-0.3, -0.25) is 0 Å². The Morgan fingerprint density at radius 1 is 1.06 bits per heavy atom. The average Bonchev–Trinajstić information content (AvgIpc) is 2.28. The molecule has 1 fully saturated rings. The standard InChI is InChI=1S/C16H33N/c1-4-5-6-7-8-9-10-14-13-16(2,3)12-11-15(14)17/h14-15H,4-13,17H2,1-3H3. The minimum atomic E-state index is 0.485. The summed E-state index contributed by atoms with van der Waals surface area (Å²) in [5.41, 5.74) is 6.81. The van der Waals surface area contributed by atoms with E-state index in [1.54, 1.807) is 0 Å². The summed E-state index contributed by atoms with van der Waals surface area (Å²) in [6, 6.07) is 0.485. The molecule has 102 valence electrons. The van der Waals surface area contributed by atoms with Gasteiger partial charge >= 0.3 is 0 Å². The van der Waals surface area contributed by atoms with E-state index in [0.717, 1.165) is 5.92 Å². The molecular formula is C16H33N. The van der Waals surface area contributed by atoms with Crippen LogP contribution in [0, 0.1) is 11.3 Å². The van der Waals surface area contributed by atoms with Crippen LogP contribution in [0.25, 0.3) is 0 Å². The van der Waals surface area contributed by atoms with Gasteiger partial charge in [0, 0.05) is 6.04 Å². The topological polar surface area (TPSA) is 26.0 Å². The molecule has 0 aliphatic heterocycles. The van der Waals surface area contributed by atoms with E-state index in [2.05, 4.69) is 20.8 Å². The summed E-state index contributed by atoms with van der Waals surface area (Å²) in [7, 11) is 0. The quantitative estimate of drug-likeness (QED) is 0.629. The van der Waals surface area contributed by atoms with Crippen LogP contribution in [-0.4, -0.2) is 6.04 Å². The second-order valence-electron chi connectivity index (χ2n) is 6.89. The van der Waals surface area contributed by atoms with Crippen LogP contribution in [0.2, 0.25) is 0 Å². The monoisotopic (exact) mass is 239 g/mol. The van der Waals surface area contributed by atoms with E-state index in [0.29, 0.717) is 11.5 Å². The van der Waals surface area contributed by atoms with Crippen molar-refractivity contribution in [1.29, 1.82) is 0 Å². The summed E-state index contributed by atoms with van der Waals surface area (Å²) in [5, 5.41) is 0. The Balaban J connectivity index is 2.12. The fraction of sp³-hybridized carbons (Fsp3) is 1.00. The molecule has 1 heteroatoms. The summed E-state index contributed by atoms with van der Waals surface area (Å²) in [5.74, 6) is 0.796. The third kappa shape index (κ3) is 5.90. The Bertz CT molecular complexity index is 198. The molecule has 2 unspecified atom stereocenters. The van der Waals surface area contributed by atoms with Crippen molar-refractivity contribution in [3.05, 3.63) is 0 Å². The van der Waals surface area contributed by atoms with Crippen molar-refractivity contribution < 1.29 is 0 Å². The van der Waals surface area contributed by atoms with Crippen molar-refractivity contribution in [3.63, 3.8) is 0 Å². The lowest BCUT2D eigenvalue weighted by molar-refractivity contribution is 0.148. The fourth-order valence-electron chi connectivity index (χ4n) is 3.26. The summed E-state index contributed by atoms with van der Waals surface area (Å²) < 4.78 is 0. The molecule has 1 nitrogen and oxygen atoms in total. The summed E-state index contributed by atoms with van der Waals surface area (Å²) >= 11 is 0. The van der Waals surface area contributed by atoms with Crippen LogP contribution in [0.4, 0.5) is 0 Å². The molecule has 2 atom stereocenters. The lowest BCUT2D eigenvalue weighted by atomic mass is 9.69. The molecule has 0 saturated heterocycles. The van der Waals surface area contributed by atoms with Crippen LogP contribution < -0.4 is 5.73 Å². The van der Waals surface area contributed by atoms with E-state index in [4.69, 9.17) is 5.73 Å². The minimum absolute atomic E-state index is 0.485. The third-order valence-electron chi connectivity index (χ3n) is 4.50. The molecule has 2 N–H and O–H groups in total. The Kier molecular flexibility index (Phi) is 6.54. The first-order chi connectivity index (χ1) is 8.05. The minimum Gasteiger partial charge on any atom is -0.327 e. The Morgan fingerprint density at radius 2 is 1.71 bits per heavy atom. The van der Waals surface area contributed by atoms with Gasteiger partial charge in [-0.05, 0) is 37.0 Å². The molecule has 0 spiro atoms. The lowest BCUT2D eigenvalue weighted by Gasteiger charge is -2.39. The first-order valence-electron chi connectivity index (χ1n) is 7.81. The molecule has 1 rings (SSSR count). The van der Waals surface area contributed by atoms with Crippen LogP contribution in [-0.2, 0) is 0 Å². The summed E-state index contributed by atoms with van der Waals surface area (Å²) in [6.07, 6.45) is 13.7. The highest BCUT2D eigenvalue weighted by atomic mass is 14.7. The molecule has 0 aromatic heterocycles. The van der Waals surface area contributed by atoms with Crippen LogP contribution >= 0.6 is 0 Å². The van der Waals surface area contributed by atoms with E-state index in [1.807, 2.05) is 0 Å². The van der Waals surface area contributed by atoms with E-state index in [-0.39, 0.29) is 0 Å². The van der Waals surface area contributed by atoms with Gasteiger partial charge in [-0.15, -0.1) is 0 Å². The fourth-order valence-corrected chi connectivity index (χ4v) is 3.26. The highest BCUT2D eigenvalue weighted by Gasteiger charge is 2.32. The maximum atomic E-state index is 6.26. The molecular weight excluding hydrogens is 206 g/mol. The van der Waals surface area contributed by atoms with Gasteiger partial charge < -0.3 is 5.73 Å². The van der Waals surface area contributed by atoms with E-state index in [9.17, 15) is 0 Å². The van der Waals surface area contributed by atoms with Crippen molar-refractivity contribution in [3.8, 4) is 0 Å². The number of unbranched alkanes of at least 4 members (excludes halogenated alkanes) is 5. The molecule has 1 aliphatic rings. The van der Waals surface area contributed by atoms with Crippen LogP contribution in [0.5, 0.6) is 0 Å². The maximum Gasteiger partial charge on any atom is 0.00675 e. The Morgan fingerprint density at radius 3 is 2.41 bits per heavy atom.